The molecule has 0 saturated heterocycles. The van der Waals surface area contributed by atoms with Gasteiger partial charge in [0, 0.05) is 29.1 Å². The molecule has 1 N–H and O–H groups in total. The number of benzene rings is 2. The van der Waals surface area contributed by atoms with Crippen molar-refractivity contribution in [1.82, 2.24) is 5.32 Å². The van der Waals surface area contributed by atoms with Crippen LogP contribution in [0.4, 0.5) is 5.69 Å². The van der Waals surface area contributed by atoms with Gasteiger partial charge >= 0.3 is 0 Å². The minimum atomic E-state index is -0.445. The van der Waals surface area contributed by atoms with Gasteiger partial charge in [-0.2, -0.15) is 0 Å². The van der Waals surface area contributed by atoms with E-state index in [1.165, 1.54) is 12.1 Å². The molecule has 6 nitrogen and oxygen atoms in total. The maximum Gasteiger partial charge on any atom is 0.287 e. The summed E-state index contributed by atoms with van der Waals surface area (Å²) in [5.74, 6) is -0.0970. The molecule has 7 heteroatoms. The summed E-state index contributed by atoms with van der Waals surface area (Å²) in [6.07, 6.45) is 0.565. The molecule has 122 valence electrons. The lowest BCUT2D eigenvalue weighted by Crippen LogP contribution is -2.25. The summed E-state index contributed by atoms with van der Waals surface area (Å²) in [4.78, 5) is 22.3. The second kappa shape index (κ2) is 6.72. The Morgan fingerprint density at radius 1 is 1.17 bits per heavy atom. The summed E-state index contributed by atoms with van der Waals surface area (Å²) < 4.78 is 5.48. The van der Waals surface area contributed by atoms with Gasteiger partial charge in [0.15, 0.2) is 5.76 Å². The van der Waals surface area contributed by atoms with Crippen molar-refractivity contribution in [2.24, 2.45) is 0 Å². The average Bonchev–Trinajstić information content (AvgIpc) is 2.98. The SMILES string of the molecule is O=C(NCCc1ccc([N+](=O)[O-])cc1)c1cc2cc(Cl)ccc2o1. The molecule has 3 aromatic rings. The van der Waals surface area contributed by atoms with E-state index in [2.05, 4.69) is 5.32 Å². The number of nitrogens with one attached hydrogen (secondary N) is 1. The van der Waals surface area contributed by atoms with Gasteiger partial charge in [0.25, 0.3) is 11.6 Å². The summed E-state index contributed by atoms with van der Waals surface area (Å²) in [6.45, 7) is 0.397. The maximum absolute atomic E-state index is 12.1. The zero-order valence-electron chi connectivity index (χ0n) is 12.5. The number of non-ortho nitro benzene ring substituents is 1. The monoisotopic (exact) mass is 344 g/mol. The van der Waals surface area contributed by atoms with Gasteiger partial charge in [0.2, 0.25) is 0 Å². The standard InChI is InChI=1S/C17H13ClN2O4/c18-13-3-6-15-12(9-13)10-16(24-15)17(21)19-8-7-11-1-4-14(5-2-11)20(22)23/h1-6,9-10H,7-8H2,(H,19,21). The van der Waals surface area contributed by atoms with E-state index >= 15 is 0 Å². The molecule has 0 fully saturated rings. The second-order valence-electron chi connectivity index (χ2n) is 5.22. The van der Waals surface area contributed by atoms with Gasteiger partial charge in [-0.05, 0) is 36.2 Å². The van der Waals surface area contributed by atoms with Crippen molar-refractivity contribution < 1.29 is 14.1 Å². The van der Waals surface area contributed by atoms with Gasteiger partial charge in [-0.15, -0.1) is 0 Å². The van der Waals surface area contributed by atoms with Crippen LogP contribution in [0, 0.1) is 10.1 Å². The van der Waals surface area contributed by atoms with Crippen molar-refractivity contribution in [3.05, 3.63) is 75.0 Å². The molecule has 0 atom stereocenters. The normalized spacial score (nSPS) is 10.7. The smallest absolute Gasteiger partial charge is 0.287 e. The molecule has 1 aromatic heterocycles. The van der Waals surface area contributed by atoms with Gasteiger partial charge in [0.1, 0.15) is 5.58 Å². The third-order valence-corrected chi connectivity index (χ3v) is 3.78. The minimum Gasteiger partial charge on any atom is -0.451 e. The Kier molecular flexibility index (Phi) is 4.48. The highest BCUT2D eigenvalue weighted by molar-refractivity contribution is 6.31. The van der Waals surface area contributed by atoms with Crippen LogP contribution in [0.2, 0.25) is 5.02 Å². The zero-order valence-corrected chi connectivity index (χ0v) is 13.2. The number of nitrogens with zero attached hydrogens (tertiary/aromatic N) is 1. The number of fused-ring (bicyclic) bond motifs is 1. The predicted octanol–water partition coefficient (Wildman–Crippen LogP) is 3.97. The Balaban J connectivity index is 1.59. The molecule has 1 amide bonds. The Hall–Kier alpha value is -2.86. The average molecular weight is 345 g/mol. The van der Waals surface area contributed by atoms with Gasteiger partial charge in [-0.3, -0.25) is 14.9 Å². The van der Waals surface area contributed by atoms with E-state index in [9.17, 15) is 14.9 Å². The van der Waals surface area contributed by atoms with E-state index in [0.29, 0.717) is 23.6 Å². The first-order chi connectivity index (χ1) is 11.5. The van der Waals surface area contributed by atoms with E-state index < -0.39 is 4.92 Å². The number of amides is 1. The van der Waals surface area contributed by atoms with E-state index in [1.807, 2.05) is 0 Å². The molecule has 24 heavy (non-hydrogen) atoms. The number of halogens is 1. The molecule has 0 spiro atoms. The third-order valence-electron chi connectivity index (χ3n) is 3.55. The number of carbonyl (C=O) groups is 1. The molecule has 2 aromatic carbocycles. The molecule has 0 aliphatic rings. The highest BCUT2D eigenvalue weighted by Crippen LogP contribution is 2.23. The van der Waals surface area contributed by atoms with Gasteiger partial charge < -0.3 is 9.73 Å². The van der Waals surface area contributed by atoms with Crippen molar-refractivity contribution in [2.75, 3.05) is 6.54 Å². The lowest BCUT2D eigenvalue weighted by Gasteiger charge is -2.03. The van der Waals surface area contributed by atoms with Crippen molar-refractivity contribution in [1.29, 1.82) is 0 Å². The zero-order chi connectivity index (χ0) is 17.1. The lowest BCUT2D eigenvalue weighted by molar-refractivity contribution is -0.384. The molecule has 0 unspecified atom stereocenters. The summed E-state index contributed by atoms with van der Waals surface area (Å²) in [5.41, 5.74) is 1.54. The van der Waals surface area contributed by atoms with Crippen LogP contribution in [0.3, 0.4) is 0 Å². The van der Waals surface area contributed by atoms with Crippen LogP contribution in [0.25, 0.3) is 11.0 Å². The van der Waals surface area contributed by atoms with Gasteiger partial charge in [-0.1, -0.05) is 23.7 Å². The van der Waals surface area contributed by atoms with Crippen LogP contribution in [-0.4, -0.2) is 17.4 Å². The summed E-state index contributed by atoms with van der Waals surface area (Å²) in [5, 5.41) is 14.7. The van der Waals surface area contributed by atoms with E-state index in [-0.39, 0.29) is 17.4 Å². The molecule has 0 aliphatic carbocycles. The quantitative estimate of drug-likeness (QED) is 0.560. The fourth-order valence-electron chi connectivity index (χ4n) is 2.32. The predicted molar refractivity (Wildman–Crippen MR) is 90.4 cm³/mol. The number of carbonyl (C=O) groups excluding carboxylic acids is 1. The van der Waals surface area contributed by atoms with Crippen LogP contribution in [0.5, 0.6) is 0 Å². The van der Waals surface area contributed by atoms with Crippen LogP contribution < -0.4 is 5.32 Å². The van der Waals surface area contributed by atoms with Crippen molar-refractivity contribution in [3.8, 4) is 0 Å². The van der Waals surface area contributed by atoms with Crippen molar-refractivity contribution in [2.45, 2.75) is 6.42 Å². The summed E-state index contributed by atoms with van der Waals surface area (Å²) in [6, 6.07) is 13.0. The van der Waals surface area contributed by atoms with Crippen LogP contribution in [-0.2, 0) is 6.42 Å². The van der Waals surface area contributed by atoms with E-state index in [4.69, 9.17) is 16.0 Å². The number of nitro groups is 1. The molecular weight excluding hydrogens is 332 g/mol. The Morgan fingerprint density at radius 3 is 2.62 bits per heavy atom. The topological polar surface area (TPSA) is 85.4 Å². The third kappa shape index (κ3) is 3.55. The van der Waals surface area contributed by atoms with Crippen molar-refractivity contribution >= 4 is 34.2 Å². The first kappa shape index (κ1) is 16.0. The maximum atomic E-state index is 12.1. The molecule has 0 aliphatic heterocycles. The number of hydrogen-bond donors (Lipinski definition) is 1. The lowest BCUT2D eigenvalue weighted by atomic mass is 10.1. The fraction of sp³-hybridized carbons (Fsp3) is 0.118. The largest absolute Gasteiger partial charge is 0.451 e. The summed E-state index contributed by atoms with van der Waals surface area (Å²) >= 11 is 5.91. The van der Waals surface area contributed by atoms with Gasteiger partial charge in [-0.25, -0.2) is 0 Å². The van der Waals surface area contributed by atoms with Gasteiger partial charge in [0.05, 0.1) is 4.92 Å². The number of nitro benzene ring substituents is 1. The molecule has 3 rings (SSSR count). The van der Waals surface area contributed by atoms with Crippen molar-refractivity contribution in [3.63, 3.8) is 0 Å². The number of rotatable bonds is 5. The first-order valence-electron chi connectivity index (χ1n) is 7.23. The highest BCUT2D eigenvalue weighted by Gasteiger charge is 2.12. The fourth-order valence-corrected chi connectivity index (χ4v) is 2.50. The number of furan rings is 1. The molecule has 0 radical (unpaired) electrons. The molecular formula is C17H13ClN2O4. The Labute approximate surface area is 142 Å². The van der Waals surface area contributed by atoms with E-state index in [1.54, 1.807) is 36.4 Å². The van der Waals surface area contributed by atoms with Crippen LogP contribution in [0.15, 0.2) is 52.9 Å². The Bertz CT molecular complexity index is 903. The van der Waals surface area contributed by atoms with E-state index in [0.717, 1.165) is 10.9 Å². The second-order valence-corrected chi connectivity index (χ2v) is 5.66. The molecule has 1 heterocycles. The summed E-state index contributed by atoms with van der Waals surface area (Å²) in [7, 11) is 0. The van der Waals surface area contributed by atoms with Crippen LogP contribution >= 0.6 is 11.6 Å². The number of hydrogen-bond acceptors (Lipinski definition) is 4. The molecule has 0 saturated carbocycles. The first-order valence-corrected chi connectivity index (χ1v) is 7.61. The van der Waals surface area contributed by atoms with Crippen LogP contribution in [0.1, 0.15) is 16.1 Å². The molecule has 0 bridgehead atoms. The minimum absolute atomic E-state index is 0.0451. The highest BCUT2D eigenvalue weighted by atomic mass is 35.5. The Morgan fingerprint density at radius 2 is 1.92 bits per heavy atom.